The SMILES string of the molecule is Cl.O=C(Nc1cccc(OCC2CCCO2)c1)C1CC(O)CN1. The molecule has 1 amide bonds. The minimum Gasteiger partial charge on any atom is -0.491 e. The molecule has 0 aromatic heterocycles. The number of carbonyl (C=O) groups is 1. The minimum absolute atomic E-state index is 0. The van der Waals surface area contributed by atoms with E-state index < -0.39 is 6.10 Å². The predicted molar refractivity (Wildman–Crippen MR) is 89.2 cm³/mol. The monoisotopic (exact) mass is 342 g/mol. The van der Waals surface area contributed by atoms with Crippen molar-refractivity contribution in [2.45, 2.75) is 37.5 Å². The number of rotatable bonds is 5. The topological polar surface area (TPSA) is 79.8 Å². The molecule has 0 aliphatic carbocycles. The predicted octanol–water partition coefficient (Wildman–Crippen LogP) is 1.33. The second-order valence-electron chi connectivity index (χ2n) is 5.81. The molecule has 23 heavy (non-hydrogen) atoms. The van der Waals surface area contributed by atoms with Gasteiger partial charge in [-0.15, -0.1) is 12.4 Å². The normalized spacial score (nSPS) is 26.6. The quantitative estimate of drug-likeness (QED) is 0.752. The highest BCUT2D eigenvalue weighted by Crippen LogP contribution is 2.20. The summed E-state index contributed by atoms with van der Waals surface area (Å²) in [6.07, 6.45) is 2.29. The first-order chi connectivity index (χ1) is 10.7. The fraction of sp³-hybridized carbons (Fsp3) is 0.562. The van der Waals surface area contributed by atoms with Gasteiger partial charge in [-0.3, -0.25) is 4.79 Å². The molecule has 6 nitrogen and oxygen atoms in total. The maximum atomic E-state index is 12.1. The van der Waals surface area contributed by atoms with Crippen LogP contribution >= 0.6 is 12.4 Å². The molecule has 128 valence electrons. The van der Waals surface area contributed by atoms with Gasteiger partial charge in [-0.1, -0.05) is 6.07 Å². The molecular formula is C16H23ClN2O4. The van der Waals surface area contributed by atoms with E-state index in [2.05, 4.69) is 10.6 Å². The fourth-order valence-corrected chi connectivity index (χ4v) is 2.77. The van der Waals surface area contributed by atoms with E-state index in [0.717, 1.165) is 19.4 Å². The maximum absolute atomic E-state index is 12.1. The number of nitrogens with one attached hydrogen (secondary N) is 2. The van der Waals surface area contributed by atoms with Gasteiger partial charge in [0.2, 0.25) is 5.91 Å². The molecule has 7 heteroatoms. The van der Waals surface area contributed by atoms with Crippen LogP contribution in [0.1, 0.15) is 19.3 Å². The first-order valence-corrected chi connectivity index (χ1v) is 7.77. The molecule has 0 spiro atoms. The molecule has 3 N–H and O–H groups in total. The molecule has 0 saturated carbocycles. The number of aliphatic hydroxyl groups is 1. The van der Waals surface area contributed by atoms with Gasteiger partial charge >= 0.3 is 0 Å². The number of benzene rings is 1. The number of amides is 1. The van der Waals surface area contributed by atoms with E-state index in [9.17, 15) is 9.90 Å². The fourth-order valence-electron chi connectivity index (χ4n) is 2.77. The molecule has 2 aliphatic rings. The molecule has 2 heterocycles. The van der Waals surface area contributed by atoms with Crippen LogP contribution in [-0.2, 0) is 9.53 Å². The highest BCUT2D eigenvalue weighted by atomic mass is 35.5. The Kier molecular flexibility index (Phi) is 6.65. The van der Waals surface area contributed by atoms with Crippen LogP contribution in [0.25, 0.3) is 0 Å². The number of halogens is 1. The van der Waals surface area contributed by atoms with Gasteiger partial charge in [0, 0.05) is 24.9 Å². The van der Waals surface area contributed by atoms with Crippen molar-refractivity contribution in [3.8, 4) is 5.75 Å². The second-order valence-corrected chi connectivity index (χ2v) is 5.81. The summed E-state index contributed by atoms with van der Waals surface area (Å²) in [7, 11) is 0. The lowest BCUT2D eigenvalue weighted by Gasteiger charge is -2.14. The van der Waals surface area contributed by atoms with E-state index in [0.29, 0.717) is 31.0 Å². The van der Waals surface area contributed by atoms with Crippen LogP contribution in [0.15, 0.2) is 24.3 Å². The number of aliphatic hydroxyl groups excluding tert-OH is 1. The van der Waals surface area contributed by atoms with Gasteiger partial charge in [-0.2, -0.15) is 0 Å². The average Bonchev–Trinajstić information content (AvgIpc) is 3.17. The molecule has 3 atom stereocenters. The van der Waals surface area contributed by atoms with E-state index in [-0.39, 0.29) is 30.5 Å². The Morgan fingerprint density at radius 2 is 2.35 bits per heavy atom. The Balaban J connectivity index is 0.00000192. The second kappa shape index (κ2) is 8.49. The van der Waals surface area contributed by atoms with Crippen molar-refractivity contribution in [1.29, 1.82) is 0 Å². The number of hydrogen-bond acceptors (Lipinski definition) is 5. The molecule has 1 aromatic carbocycles. The summed E-state index contributed by atoms with van der Waals surface area (Å²) in [5.41, 5.74) is 0.693. The zero-order valence-electron chi connectivity index (χ0n) is 12.9. The molecule has 2 saturated heterocycles. The van der Waals surface area contributed by atoms with Gasteiger partial charge in [0.25, 0.3) is 0 Å². The van der Waals surface area contributed by atoms with Crippen LogP contribution < -0.4 is 15.4 Å². The lowest BCUT2D eigenvalue weighted by molar-refractivity contribution is -0.117. The van der Waals surface area contributed by atoms with Gasteiger partial charge in [-0.25, -0.2) is 0 Å². The summed E-state index contributed by atoms with van der Waals surface area (Å²) in [6, 6.07) is 6.99. The number of hydrogen-bond donors (Lipinski definition) is 3. The van der Waals surface area contributed by atoms with E-state index >= 15 is 0 Å². The van der Waals surface area contributed by atoms with Crippen LogP contribution in [0.2, 0.25) is 0 Å². The summed E-state index contributed by atoms with van der Waals surface area (Å²) in [6.45, 7) is 1.81. The molecule has 2 fully saturated rings. The van der Waals surface area contributed by atoms with Crippen molar-refractivity contribution in [1.82, 2.24) is 5.32 Å². The number of ether oxygens (including phenoxy) is 2. The highest BCUT2D eigenvalue weighted by molar-refractivity contribution is 5.95. The van der Waals surface area contributed by atoms with Crippen molar-refractivity contribution < 1.29 is 19.4 Å². The third kappa shape index (κ3) is 5.07. The standard InChI is InChI=1S/C16H22N2O4.ClH/c19-12-8-15(17-9-12)16(20)18-11-3-1-4-13(7-11)22-10-14-5-2-6-21-14;/h1,3-4,7,12,14-15,17,19H,2,5-6,8-10H2,(H,18,20);1H. The Bertz CT molecular complexity index is 523. The van der Waals surface area contributed by atoms with Crippen LogP contribution in [0, 0.1) is 0 Å². The van der Waals surface area contributed by atoms with Crippen molar-refractivity contribution in [3.05, 3.63) is 24.3 Å². The van der Waals surface area contributed by atoms with Gasteiger partial charge in [0.15, 0.2) is 0 Å². The van der Waals surface area contributed by atoms with Crippen LogP contribution in [-0.4, -0.2) is 49.0 Å². The van der Waals surface area contributed by atoms with Crippen molar-refractivity contribution in [2.24, 2.45) is 0 Å². The zero-order chi connectivity index (χ0) is 15.4. The highest BCUT2D eigenvalue weighted by Gasteiger charge is 2.28. The molecule has 0 bridgehead atoms. The summed E-state index contributed by atoms with van der Waals surface area (Å²) < 4.78 is 11.2. The first kappa shape index (κ1) is 18.0. The summed E-state index contributed by atoms with van der Waals surface area (Å²) in [5.74, 6) is 0.584. The lowest BCUT2D eigenvalue weighted by atomic mass is 10.2. The molecule has 0 radical (unpaired) electrons. The number of anilines is 1. The van der Waals surface area contributed by atoms with Crippen LogP contribution in [0.4, 0.5) is 5.69 Å². The molecule has 1 aromatic rings. The largest absolute Gasteiger partial charge is 0.491 e. The molecular weight excluding hydrogens is 320 g/mol. The molecule has 2 aliphatic heterocycles. The third-order valence-corrected chi connectivity index (χ3v) is 3.99. The van der Waals surface area contributed by atoms with E-state index in [4.69, 9.17) is 9.47 Å². The smallest absolute Gasteiger partial charge is 0.241 e. The Morgan fingerprint density at radius 1 is 1.48 bits per heavy atom. The van der Waals surface area contributed by atoms with E-state index in [1.165, 1.54) is 0 Å². The van der Waals surface area contributed by atoms with E-state index in [1.807, 2.05) is 18.2 Å². The van der Waals surface area contributed by atoms with Crippen molar-refractivity contribution in [3.63, 3.8) is 0 Å². The summed E-state index contributed by atoms with van der Waals surface area (Å²) in [5, 5.41) is 15.3. The van der Waals surface area contributed by atoms with Crippen LogP contribution in [0.5, 0.6) is 5.75 Å². The Labute approximate surface area is 142 Å². The summed E-state index contributed by atoms with van der Waals surface area (Å²) >= 11 is 0. The Morgan fingerprint density at radius 3 is 3.04 bits per heavy atom. The average molecular weight is 343 g/mol. The third-order valence-electron chi connectivity index (χ3n) is 3.99. The number of carbonyl (C=O) groups excluding carboxylic acids is 1. The maximum Gasteiger partial charge on any atom is 0.241 e. The van der Waals surface area contributed by atoms with Gasteiger partial charge in [0.1, 0.15) is 12.4 Å². The molecule has 3 rings (SSSR count). The lowest BCUT2D eigenvalue weighted by Crippen LogP contribution is -2.35. The van der Waals surface area contributed by atoms with Gasteiger partial charge in [0.05, 0.1) is 18.2 Å². The van der Waals surface area contributed by atoms with Crippen LogP contribution in [0.3, 0.4) is 0 Å². The Hall–Kier alpha value is -1.34. The van der Waals surface area contributed by atoms with Gasteiger partial charge in [-0.05, 0) is 31.4 Å². The van der Waals surface area contributed by atoms with E-state index in [1.54, 1.807) is 6.07 Å². The first-order valence-electron chi connectivity index (χ1n) is 7.77. The van der Waals surface area contributed by atoms with Crippen molar-refractivity contribution in [2.75, 3.05) is 25.1 Å². The minimum atomic E-state index is -0.447. The molecule has 3 unspecified atom stereocenters. The van der Waals surface area contributed by atoms with Gasteiger partial charge < -0.3 is 25.2 Å². The number of β-amino-alcohol motifs (C(OH)–C–C–N with tert-alkyl or cyclic N) is 1. The van der Waals surface area contributed by atoms with Crippen molar-refractivity contribution >= 4 is 24.0 Å². The zero-order valence-corrected chi connectivity index (χ0v) is 13.7. The summed E-state index contributed by atoms with van der Waals surface area (Å²) in [4.78, 5) is 12.1.